The summed E-state index contributed by atoms with van der Waals surface area (Å²) < 4.78 is 5.05. The maximum Gasteiger partial charge on any atom is 0.336 e. The average molecular weight is 338 g/mol. The van der Waals surface area contributed by atoms with E-state index in [1.165, 1.54) is 48.6 Å². The number of esters is 1. The summed E-state index contributed by atoms with van der Waals surface area (Å²) in [7, 11) is 0. The molecule has 2 rings (SSSR count). The summed E-state index contributed by atoms with van der Waals surface area (Å²) in [4.78, 5) is 21.8. The minimum atomic E-state index is -0.634. The Kier molecular flexibility index (Phi) is 5.14. The number of nitro groups is 1. The molecule has 0 heterocycles. The molecule has 7 heteroatoms. The van der Waals surface area contributed by atoms with Crippen molar-refractivity contribution in [3.63, 3.8) is 0 Å². The van der Waals surface area contributed by atoms with Gasteiger partial charge in [0.25, 0.3) is 5.69 Å². The number of carbonyl (C=O) groups excluding carboxylic acids is 1. The SMILES string of the molecule is O=C(/C=C/c1cccc([N+](=O)[O-])c1)Oc1ccc(Cl)c(Cl)c1. The Labute approximate surface area is 135 Å². The fourth-order valence-electron chi connectivity index (χ4n) is 1.60. The molecule has 0 bridgehead atoms. The van der Waals surface area contributed by atoms with Gasteiger partial charge in [-0.2, -0.15) is 0 Å². The van der Waals surface area contributed by atoms with Gasteiger partial charge in [0.1, 0.15) is 5.75 Å². The van der Waals surface area contributed by atoms with Crippen LogP contribution in [0.5, 0.6) is 5.75 Å². The molecule has 22 heavy (non-hydrogen) atoms. The predicted octanol–water partition coefficient (Wildman–Crippen LogP) is 4.52. The normalized spacial score (nSPS) is 10.6. The first kappa shape index (κ1) is 16.0. The van der Waals surface area contributed by atoms with Gasteiger partial charge in [-0.15, -0.1) is 0 Å². The molecule has 2 aromatic rings. The Morgan fingerprint density at radius 2 is 1.91 bits per heavy atom. The number of nitrogens with zero attached hydrogens (tertiary/aromatic N) is 1. The zero-order valence-electron chi connectivity index (χ0n) is 11.0. The van der Waals surface area contributed by atoms with Crippen molar-refractivity contribution >= 4 is 40.9 Å². The molecular weight excluding hydrogens is 329 g/mol. The fourth-order valence-corrected chi connectivity index (χ4v) is 1.88. The summed E-state index contributed by atoms with van der Waals surface area (Å²) in [5.74, 6) is -0.381. The van der Waals surface area contributed by atoms with Gasteiger partial charge in [0.15, 0.2) is 0 Å². The summed E-state index contributed by atoms with van der Waals surface area (Å²) in [6, 6.07) is 10.3. The molecular formula is C15H9Cl2NO4. The summed E-state index contributed by atoms with van der Waals surface area (Å²) in [6.45, 7) is 0. The van der Waals surface area contributed by atoms with E-state index in [-0.39, 0.29) is 16.5 Å². The van der Waals surface area contributed by atoms with Crippen molar-refractivity contribution < 1.29 is 14.5 Å². The second-order valence-corrected chi connectivity index (χ2v) is 5.00. The van der Waals surface area contributed by atoms with Crippen LogP contribution in [-0.4, -0.2) is 10.9 Å². The van der Waals surface area contributed by atoms with Crippen LogP contribution >= 0.6 is 23.2 Å². The molecule has 0 aliphatic rings. The Hall–Kier alpha value is -2.37. The number of carbonyl (C=O) groups is 1. The number of ether oxygens (including phenoxy) is 1. The van der Waals surface area contributed by atoms with Crippen molar-refractivity contribution in [1.29, 1.82) is 0 Å². The number of non-ortho nitro benzene ring substituents is 1. The first-order chi connectivity index (χ1) is 10.5. The summed E-state index contributed by atoms with van der Waals surface area (Å²) in [6.07, 6.45) is 2.59. The number of benzene rings is 2. The molecule has 0 aliphatic carbocycles. The van der Waals surface area contributed by atoms with Gasteiger partial charge in [0, 0.05) is 24.3 Å². The van der Waals surface area contributed by atoms with Crippen LogP contribution in [0.25, 0.3) is 6.08 Å². The van der Waals surface area contributed by atoms with Crippen LogP contribution in [0, 0.1) is 10.1 Å². The van der Waals surface area contributed by atoms with E-state index >= 15 is 0 Å². The van der Waals surface area contributed by atoms with Crippen molar-refractivity contribution in [2.24, 2.45) is 0 Å². The Morgan fingerprint density at radius 1 is 1.14 bits per heavy atom. The molecule has 2 aromatic carbocycles. The number of hydrogen-bond acceptors (Lipinski definition) is 4. The Balaban J connectivity index is 2.06. The van der Waals surface area contributed by atoms with Gasteiger partial charge in [-0.3, -0.25) is 10.1 Å². The quantitative estimate of drug-likeness (QED) is 0.270. The first-order valence-electron chi connectivity index (χ1n) is 6.05. The predicted molar refractivity (Wildman–Crippen MR) is 84.2 cm³/mol. The summed E-state index contributed by atoms with van der Waals surface area (Å²) in [5, 5.41) is 11.3. The molecule has 0 N–H and O–H groups in total. The molecule has 112 valence electrons. The average Bonchev–Trinajstić information content (AvgIpc) is 2.49. The van der Waals surface area contributed by atoms with E-state index < -0.39 is 10.9 Å². The van der Waals surface area contributed by atoms with Gasteiger partial charge in [-0.05, 0) is 23.8 Å². The zero-order chi connectivity index (χ0) is 16.1. The molecule has 0 fully saturated rings. The van der Waals surface area contributed by atoms with Crippen LogP contribution < -0.4 is 4.74 Å². The molecule has 0 saturated heterocycles. The van der Waals surface area contributed by atoms with Crippen LogP contribution in [0.2, 0.25) is 10.0 Å². The second-order valence-electron chi connectivity index (χ2n) is 4.18. The van der Waals surface area contributed by atoms with Crippen molar-refractivity contribution in [1.82, 2.24) is 0 Å². The smallest absolute Gasteiger partial charge is 0.336 e. The van der Waals surface area contributed by atoms with Crippen LogP contribution in [0.1, 0.15) is 5.56 Å². The largest absolute Gasteiger partial charge is 0.423 e. The molecule has 0 saturated carbocycles. The topological polar surface area (TPSA) is 69.4 Å². The highest BCUT2D eigenvalue weighted by molar-refractivity contribution is 6.42. The van der Waals surface area contributed by atoms with E-state index in [2.05, 4.69) is 0 Å². The lowest BCUT2D eigenvalue weighted by molar-refractivity contribution is -0.384. The molecule has 5 nitrogen and oxygen atoms in total. The maximum absolute atomic E-state index is 11.7. The van der Waals surface area contributed by atoms with E-state index in [4.69, 9.17) is 27.9 Å². The van der Waals surface area contributed by atoms with Crippen molar-refractivity contribution in [3.05, 3.63) is 74.3 Å². The minimum absolute atomic E-state index is 0.0556. The standard InChI is InChI=1S/C15H9Cl2NO4/c16-13-6-5-12(9-14(13)17)22-15(19)7-4-10-2-1-3-11(8-10)18(20)21/h1-9H/b7-4+. The molecule has 0 radical (unpaired) electrons. The van der Waals surface area contributed by atoms with Gasteiger partial charge in [0.2, 0.25) is 0 Å². The van der Waals surface area contributed by atoms with Crippen LogP contribution in [0.4, 0.5) is 5.69 Å². The van der Waals surface area contributed by atoms with Crippen LogP contribution in [-0.2, 0) is 4.79 Å². The number of hydrogen-bond donors (Lipinski definition) is 0. The third kappa shape index (κ3) is 4.31. The van der Waals surface area contributed by atoms with E-state index in [0.29, 0.717) is 10.6 Å². The van der Waals surface area contributed by atoms with Gasteiger partial charge < -0.3 is 4.74 Å². The van der Waals surface area contributed by atoms with Gasteiger partial charge in [0.05, 0.1) is 15.0 Å². The van der Waals surface area contributed by atoms with E-state index in [9.17, 15) is 14.9 Å². The minimum Gasteiger partial charge on any atom is -0.423 e. The fraction of sp³-hybridized carbons (Fsp3) is 0. The molecule has 0 aliphatic heterocycles. The van der Waals surface area contributed by atoms with Crippen molar-refractivity contribution in [2.45, 2.75) is 0 Å². The molecule has 0 atom stereocenters. The van der Waals surface area contributed by atoms with E-state index in [1.807, 2.05) is 0 Å². The molecule has 0 spiro atoms. The van der Waals surface area contributed by atoms with Gasteiger partial charge in [-0.25, -0.2) is 4.79 Å². The third-order valence-corrected chi connectivity index (χ3v) is 3.34. The zero-order valence-corrected chi connectivity index (χ0v) is 12.5. The van der Waals surface area contributed by atoms with Gasteiger partial charge >= 0.3 is 5.97 Å². The van der Waals surface area contributed by atoms with Crippen molar-refractivity contribution in [2.75, 3.05) is 0 Å². The lowest BCUT2D eigenvalue weighted by Gasteiger charge is -2.02. The molecule has 0 amide bonds. The van der Waals surface area contributed by atoms with Crippen LogP contribution in [0.3, 0.4) is 0 Å². The molecule has 0 unspecified atom stereocenters. The third-order valence-electron chi connectivity index (χ3n) is 2.60. The summed E-state index contributed by atoms with van der Waals surface area (Å²) in [5.41, 5.74) is 0.459. The number of rotatable bonds is 4. The summed E-state index contributed by atoms with van der Waals surface area (Å²) >= 11 is 11.6. The van der Waals surface area contributed by atoms with E-state index in [1.54, 1.807) is 6.07 Å². The highest BCUT2D eigenvalue weighted by Gasteiger charge is 2.06. The molecule has 0 aromatic heterocycles. The Bertz CT molecular complexity index is 759. The van der Waals surface area contributed by atoms with Crippen molar-refractivity contribution in [3.8, 4) is 5.75 Å². The Morgan fingerprint density at radius 3 is 2.59 bits per heavy atom. The van der Waals surface area contributed by atoms with E-state index in [0.717, 1.165) is 0 Å². The highest BCUT2D eigenvalue weighted by atomic mass is 35.5. The van der Waals surface area contributed by atoms with Crippen LogP contribution in [0.15, 0.2) is 48.5 Å². The highest BCUT2D eigenvalue weighted by Crippen LogP contribution is 2.26. The number of nitro benzene ring substituents is 1. The number of halogens is 2. The first-order valence-corrected chi connectivity index (χ1v) is 6.81. The maximum atomic E-state index is 11.7. The van der Waals surface area contributed by atoms with Gasteiger partial charge in [-0.1, -0.05) is 35.3 Å². The monoisotopic (exact) mass is 337 g/mol. The second kappa shape index (κ2) is 7.06. The lowest BCUT2D eigenvalue weighted by Crippen LogP contribution is -2.03. The lowest BCUT2D eigenvalue weighted by atomic mass is 10.2.